The van der Waals surface area contributed by atoms with Crippen molar-refractivity contribution < 1.29 is 28.6 Å². The highest BCUT2D eigenvalue weighted by Crippen LogP contribution is 2.24. The summed E-state index contributed by atoms with van der Waals surface area (Å²) >= 11 is 6.02. The SMILES string of the molecule is COCCN(Cc1ccc(F)cc1Cl)C(=O)[C@@H]1CC[C@H](C(=O)O)O1. The fourth-order valence-corrected chi connectivity index (χ4v) is 2.76. The molecule has 1 N–H and O–H groups in total. The van der Waals surface area contributed by atoms with Gasteiger partial charge < -0.3 is 19.5 Å². The zero-order valence-electron chi connectivity index (χ0n) is 13.2. The maximum absolute atomic E-state index is 13.1. The first-order valence-corrected chi connectivity index (χ1v) is 7.90. The van der Waals surface area contributed by atoms with E-state index in [1.54, 1.807) is 0 Å². The quantitative estimate of drug-likeness (QED) is 0.806. The van der Waals surface area contributed by atoms with E-state index in [1.807, 2.05) is 0 Å². The highest BCUT2D eigenvalue weighted by molar-refractivity contribution is 6.31. The Morgan fingerprint density at radius 3 is 2.71 bits per heavy atom. The number of halogens is 2. The number of aliphatic carboxylic acids is 1. The van der Waals surface area contributed by atoms with Crippen molar-refractivity contribution >= 4 is 23.5 Å². The molecule has 0 aromatic heterocycles. The number of rotatable bonds is 7. The van der Waals surface area contributed by atoms with Crippen molar-refractivity contribution in [2.45, 2.75) is 31.6 Å². The number of hydrogen-bond donors (Lipinski definition) is 1. The molecule has 1 aromatic rings. The maximum Gasteiger partial charge on any atom is 0.332 e. The molecule has 2 rings (SSSR count). The van der Waals surface area contributed by atoms with Crippen LogP contribution >= 0.6 is 11.6 Å². The number of carbonyl (C=O) groups excluding carboxylic acids is 1. The van der Waals surface area contributed by atoms with E-state index in [0.29, 0.717) is 31.6 Å². The Hall–Kier alpha value is -1.70. The van der Waals surface area contributed by atoms with E-state index < -0.39 is 24.0 Å². The summed E-state index contributed by atoms with van der Waals surface area (Å²) in [4.78, 5) is 25.1. The molecule has 8 heteroatoms. The van der Waals surface area contributed by atoms with Crippen LogP contribution in [0.2, 0.25) is 5.02 Å². The van der Waals surface area contributed by atoms with Crippen LogP contribution in [0, 0.1) is 5.82 Å². The van der Waals surface area contributed by atoms with Crippen LogP contribution < -0.4 is 0 Å². The normalized spacial score (nSPS) is 20.1. The second-order valence-corrected chi connectivity index (χ2v) is 5.92. The van der Waals surface area contributed by atoms with Crippen LogP contribution in [0.25, 0.3) is 0 Å². The molecule has 1 fully saturated rings. The van der Waals surface area contributed by atoms with Gasteiger partial charge >= 0.3 is 5.97 Å². The molecule has 0 saturated carbocycles. The van der Waals surface area contributed by atoms with Crippen LogP contribution in [0.3, 0.4) is 0 Å². The van der Waals surface area contributed by atoms with Crippen molar-refractivity contribution in [2.75, 3.05) is 20.3 Å². The lowest BCUT2D eigenvalue weighted by atomic mass is 10.1. The molecule has 0 bridgehead atoms. The molecule has 1 saturated heterocycles. The molecule has 0 aliphatic carbocycles. The van der Waals surface area contributed by atoms with Crippen molar-refractivity contribution in [1.29, 1.82) is 0 Å². The van der Waals surface area contributed by atoms with Gasteiger partial charge in [-0.3, -0.25) is 4.79 Å². The zero-order valence-corrected chi connectivity index (χ0v) is 14.0. The molecule has 1 aliphatic heterocycles. The van der Waals surface area contributed by atoms with Gasteiger partial charge in [0.15, 0.2) is 6.10 Å². The van der Waals surface area contributed by atoms with Gasteiger partial charge in [0.25, 0.3) is 5.91 Å². The minimum absolute atomic E-state index is 0.166. The third kappa shape index (κ3) is 4.66. The monoisotopic (exact) mass is 359 g/mol. The average molecular weight is 360 g/mol. The Labute approximate surface area is 144 Å². The first kappa shape index (κ1) is 18.6. The molecule has 24 heavy (non-hydrogen) atoms. The van der Waals surface area contributed by atoms with Gasteiger partial charge in [0.1, 0.15) is 11.9 Å². The second kappa shape index (κ2) is 8.41. The van der Waals surface area contributed by atoms with Crippen LogP contribution in [0.5, 0.6) is 0 Å². The summed E-state index contributed by atoms with van der Waals surface area (Å²) in [7, 11) is 1.51. The summed E-state index contributed by atoms with van der Waals surface area (Å²) in [6.07, 6.45) is -1.13. The third-order valence-electron chi connectivity index (χ3n) is 3.82. The summed E-state index contributed by atoms with van der Waals surface area (Å²) in [6, 6.07) is 3.97. The van der Waals surface area contributed by atoms with E-state index in [2.05, 4.69) is 0 Å². The number of carbonyl (C=O) groups is 2. The topological polar surface area (TPSA) is 76.1 Å². The zero-order chi connectivity index (χ0) is 17.7. The Bertz CT molecular complexity index is 612. The Kier molecular flexibility index (Phi) is 6.53. The first-order valence-electron chi connectivity index (χ1n) is 7.52. The highest BCUT2D eigenvalue weighted by atomic mass is 35.5. The van der Waals surface area contributed by atoms with Gasteiger partial charge in [-0.25, -0.2) is 9.18 Å². The van der Waals surface area contributed by atoms with Crippen LogP contribution in [0.15, 0.2) is 18.2 Å². The van der Waals surface area contributed by atoms with Crippen molar-refractivity contribution in [3.05, 3.63) is 34.6 Å². The molecule has 2 atom stereocenters. The number of nitrogens with zero attached hydrogens (tertiary/aromatic N) is 1. The molecular formula is C16H19ClFNO5. The van der Waals surface area contributed by atoms with Crippen molar-refractivity contribution in [2.24, 2.45) is 0 Å². The lowest BCUT2D eigenvalue weighted by Gasteiger charge is -2.25. The fourth-order valence-electron chi connectivity index (χ4n) is 2.53. The number of ether oxygens (including phenoxy) is 2. The molecular weight excluding hydrogens is 341 g/mol. The number of carboxylic acid groups (broad SMARTS) is 1. The molecule has 0 radical (unpaired) electrons. The average Bonchev–Trinajstić information content (AvgIpc) is 3.03. The van der Waals surface area contributed by atoms with E-state index >= 15 is 0 Å². The van der Waals surface area contributed by atoms with Crippen LogP contribution in [0.4, 0.5) is 4.39 Å². The number of hydrogen-bond acceptors (Lipinski definition) is 4. The van der Waals surface area contributed by atoms with E-state index in [9.17, 15) is 14.0 Å². The summed E-state index contributed by atoms with van der Waals surface area (Å²) in [5, 5.41) is 9.19. The van der Waals surface area contributed by atoms with Crippen LogP contribution in [0.1, 0.15) is 18.4 Å². The number of amides is 1. The van der Waals surface area contributed by atoms with Gasteiger partial charge in [-0.05, 0) is 30.5 Å². The predicted octanol–water partition coefficient (Wildman–Crippen LogP) is 2.09. The summed E-state index contributed by atoms with van der Waals surface area (Å²) in [5.74, 6) is -1.85. The van der Waals surface area contributed by atoms with E-state index in [4.69, 9.17) is 26.2 Å². The number of benzene rings is 1. The van der Waals surface area contributed by atoms with Crippen molar-refractivity contribution in [1.82, 2.24) is 4.90 Å². The maximum atomic E-state index is 13.1. The fraction of sp³-hybridized carbons (Fsp3) is 0.500. The van der Waals surface area contributed by atoms with Gasteiger partial charge in [0.2, 0.25) is 0 Å². The summed E-state index contributed by atoms with van der Waals surface area (Å²) < 4.78 is 23.5. The molecule has 0 unspecified atom stereocenters. The third-order valence-corrected chi connectivity index (χ3v) is 4.18. The van der Waals surface area contributed by atoms with Gasteiger partial charge in [0.05, 0.1) is 6.61 Å². The number of methoxy groups -OCH3 is 1. The van der Waals surface area contributed by atoms with Crippen molar-refractivity contribution in [3.8, 4) is 0 Å². The molecule has 132 valence electrons. The Morgan fingerprint density at radius 1 is 1.42 bits per heavy atom. The van der Waals surface area contributed by atoms with Gasteiger partial charge in [0, 0.05) is 25.2 Å². The Balaban J connectivity index is 2.09. The smallest absolute Gasteiger partial charge is 0.332 e. The van der Waals surface area contributed by atoms with Gasteiger partial charge in [-0.1, -0.05) is 17.7 Å². The summed E-state index contributed by atoms with van der Waals surface area (Å²) in [6.45, 7) is 0.763. The molecule has 1 aromatic carbocycles. The highest BCUT2D eigenvalue weighted by Gasteiger charge is 2.36. The second-order valence-electron chi connectivity index (χ2n) is 5.52. The molecule has 0 spiro atoms. The molecule has 1 heterocycles. The van der Waals surface area contributed by atoms with Crippen LogP contribution in [-0.2, 0) is 25.6 Å². The predicted molar refractivity (Wildman–Crippen MR) is 84.2 cm³/mol. The summed E-state index contributed by atoms with van der Waals surface area (Å²) in [5.41, 5.74) is 0.593. The number of carboxylic acids is 1. The Morgan fingerprint density at radius 2 is 2.12 bits per heavy atom. The van der Waals surface area contributed by atoms with Gasteiger partial charge in [-0.15, -0.1) is 0 Å². The van der Waals surface area contributed by atoms with E-state index in [-0.39, 0.29) is 17.5 Å². The van der Waals surface area contributed by atoms with E-state index in [0.717, 1.165) is 0 Å². The van der Waals surface area contributed by atoms with Crippen LogP contribution in [-0.4, -0.2) is 54.4 Å². The molecule has 1 aliphatic rings. The first-order chi connectivity index (χ1) is 11.4. The largest absolute Gasteiger partial charge is 0.479 e. The minimum atomic E-state index is -1.07. The molecule has 1 amide bonds. The standard InChI is InChI=1S/C16H19ClFNO5/c1-23-7-6-19(9-10-2-3-11(18)8-12(10)17)15(20)13-4-5-14(24-13)16(21)22/h2-3,8,13-14H,4-7,9H2,1H3,(H,21,22)/t13-,14+/m0/s1. The van der Waals surface area contributed by atoms with E-state index in [1.165, 1.54) is 30.2 Å². The van der Waals surface area contributed by atoms with Crippen molar-refractivity contribution in [3.63, 3.8) is 0 Å². The lowest BCUT2D eigenvalue weighted by molar-refractivity contribution is -0.155. The lowest BCUT2D eigenvalue weighted by Crippen LogP contribution is -2.41. The minimum Gasteiger partial charge on any atom is -0.479 e. The van der Waals surface area contributed by atoms with Gasteiger partial charge in [-0.2, -0.15) is 0 Å². The molecule has 6 nitrogen and oxygen atoms in total.